The van der Waals surface area contributed by atoms with E-state index in [9.17, 15) is 0 Å². The lowest BCUT2D eigenvalue weighted by atomic mass is 9.82. The van der Waals surface area contributed by atoms with Crippen LogP contribution in [0, 0.1) is 0 Å². The number of para-hydroxylation sites is 2. The number of anilines is 3. The van der Waals surface area contributed by atoms with Crippen molar-refractivity contribution in [2.24, 2.45) is 0 Å². The summed E-state index contributed by atoms with van der Waals surface area (Å²) in [4.78, 5) is 2.40. The molecule has 0 aliphatic heterocycles. The van der Waals surface area contributed by atoms with Crippen LogP contribution in [0.5, 0.6) is 0 Å². The van der Waals surface area contributed by atoms with Crippen molar-refractivity contribution in [2.45, 2.75) is 19.3 Å². The highest BCUT2D eigenvalue weighted by Gasteiger charge is 2.35. The largest absolute Gasteiger partial charge is 0.455 e. The molecule has 1 aliphatic rings. The fourth-order valence-corrected chi connectivity index (χ4v) is 6.56. The van der Waals surface area contributed by atoms with Gasteiger partial charge in [0.1, 0.15) is 11.2 Å². The molecule has 0 saturated carbocycles. The molecular formula is C37H27NO. The normalized spacial score (nSPS) is 13.6. The van der Waals surface area contributed by atoms with Gasteiger partial charge in [0.25, 0.3) is 0 Å². The van der Waals surface area contributed by atoms with Crippen molar-refractivity contribution in [1.82, 2.24) is 0 Å². The van der Waals surface area contributed by atoms with E-state index in [0.717, 1.165) is 49.8 Å². The maximum absolute atomic E-state index is 6.42. The minimum absolute atomic E-state index is 0.0245. The van der Waals surface area contributed by atoms with Gasteiger partial charge in [0.15, 0.2) is 0 Å². The maximum Gasteiger partial charge on any atom is 0.143 e. The van der Waals surface area contributed by atoms with Gasteiger partial charge in [-0.3, -0.25) is 0 Å². The van der Waals surface area contributed by atoms with Crippen LogP contribution in [-0.2, 0) is 5.41 Å². The molecule has 0 bridgehead atoms. The summed E-state index contributed by atoms with van der Waals surface area (Å²) in [5.41, 5.74) is 10.6. The number of rotatable bonds is 3. The highest BCUT2D eigenvalue weighted by atomic mass is 16.3. The molecule has 39 heavy (non-hydrogen) atoms. The first-order valence-electron chi connectivity index (χ1n) is 13.5. The predicted molar refractivity (Wildman–Crippen MR) is 163 cm³/mol. The number of nitrogens with zero attached hydrogens (tertiary/aromatic N) is 1. The monoisotopic (exact) mass is 501 g/mol. The lowest BCUT2D eigenvalue weighted by Crippen LogP contribution is -2.15. The van der Waals surface area contributed by atoms with Crippen LogP contribution in [0.4, 0.5) is 17.1 Å². The Morgan fingerprint density at radius 3 is 2.03 bits per heavy atom. The van der Waals surface area contributed by atoms with Crippen LogP contribution in [0.15, 0.2) is 132 Å². The molecule has 1 heterocycles. The van der Waals surface area contributed by atoms with E-state index in [-0.39, 0.29) is 5.41 Å². The highest BCUT2D eigenvalue weighted by Crippen LogP contribution is 2.51. The Morgan fingerprint density at radius 1 is 0.513 bits per heavy atom. The summed E-state index contributed by atoms with van der Waals surface area (Å²) in [5, 5.41) is 4.55. The summed E-state index contributed by atoms with van der Waals surface area (Å²) in [7, 11) is 0. The van der Waals surface area contributed by atoms with Crippen molar-refractivity contribution < 1.29 is 4.42 Å². The molecule has 2 heteroatoms. The molecule has 6 aromatic carbocycles. The molecule has 1 aliphatic carbocycles. The molecule has 1 aromatic heterocycles. The molecular weight excluding hydrogens is 474 g/mol. The van der Waals surface area contributed by atoms with E-state index < -0.39 is 0 Å². The Morgan fingerprint density at radius 2 is 1.18 bits per heavy atom. The molecule has 8 rings (SSSR count). The summed E-state index contributed by atoms with van der Waals surface area (Å²) in [5.74, 6) is 0. The summed E-state index contributed by atoms with van der Waals surface area (Å²) >= 11 is 0. The topological polar surface area (TPSA) is 16.4 Å². The van der Waals surface area contributed by atoms with Crippen molar-refractivity contribution in [1.29, 1.82) is 0 Å². The van der Waals surface area contributed by atoms with E-state index in [1.54, 1.807) is 0 Å². The smallest absolute Gasteiger partial charge is 0.143 e. The van der Waals surface area contributed by atoms with E-state index in [1.165, 1.54) is 22.3 Å². The fraction of sp³-hybridized carbons (Fsp3) is 0.0811. The average molecular weight is 502 g/mol. The van der Waals surface area contributed by atoms with Gasteiger partial charge in [0.05, 0.1) is 5.69 Å². The van der Waals surface area contributed by atoms with E-state index in [1.807, 2.05) is 6.07 Å². The minimum Gasteiger partial charge on any atom is -0.455 e. The number of hydrogen-bond acceptors (Lipinski definition) is 2. The first kappa shape index (κ1) is 22.2. The van der Waals surface area contributed by atoms with Crippen LogP contribution in [-0.4, -0.2) is 0 Å². The van der Waals surface area contributed by atoms with Gasteiger partial charge in [-0.05, 0) is 58.7 Å². The lowest BCUT2D eigenvalue weighted by molar-refractivity contribution is 0.660. The van der Waals surface area contributed by atoms with Gasteiger partial charge in [0, 0.05) is 38.3 Å². The molecule has 0 atom stereocenters. The van der Waals surface area contributed by atoms with Crippen LogP contribution < -0.4 is 4.90 Å². The van der Waals surface area contributed by atoms with Gasteiger partial charge in [0.2, 0.25) is 0 Å². The Kier molecular flexibility index (Phi) is 4.60. The van der Waals surface area contributed by atoms with Gasteiger partial charge in [-0.25, -0.2) is 0 Å². The second-order valence-corrected chi connectivity index (χ2v) is 11.0. The third-order valence-corrected chi connectivity index (χ3v) is 8.44. The molecule has 0 amide bonds. The average Bonchev–Trinajstić information content (AvgIpc) is 3.47. The number of fused-ring (bicyclic) bond motifs is 8. The Hall–Kier alpha value is -4.82. The standard InChI is InChI=1S/C37H27NO/c1-37(2)32-18-10-8-14-26(32)30-22-25(20-21-33(30)37)38(24-12-4-3-5-13-24)34-23-31-28-16-9-11-19-35(28)39-36(31)29-17-7-6-15-27(29)34/h3-23H,1-2H3. The van der Waals surface area contributed by atoms with E-state index in [4.69, 9.17) is 4.42 Å². The van der Waals surface area contributed by atoms with Crippen LogP contribution >= 0.6 is 0 Å². The number of benzene rings is 6. The summed E-state index contributed by atoms with van der Waals surface area (Å²) in [6.07, 6.45) is 0. The van der Waals surface area contributed by atoms with Crippen LogP contribution in [0.1, 0.15) is 25.0 Å². The molecule has 2 nitrogen and oxygen atoms in total. The SMILES string of the molecule is CC1(C)c2ccccc2-c2cc(N(c3ccccc3)c3cc4c5ccccc5oc4c4ccccc34)ccc21. The Labute approximate surface area is 227 Å². The molecule has 7 aromatic rings. The van der Waals surface area contributed by atoms with Crippen molar-refractivity contribution in [3.8, 4) is 11.1 Å². The van der Waals surface area contributed by atoms with Crippen LogP contribution in [0.25, 0.3) is 43.8 Å². The zero-order valence-electron chi connectivity index (χ0n) is 22.0. The molecule has 0 fully saturated rings. The van der Waals surface area contributed by atoms with Gasteiger partial charge in [-0.15, -0.1) is 0 Å². The number of furan rings is 1. The summed E-state index contributed by atoms with van der Waals surface area (Å²) in [6, 6.07) is 45.7. The maximum atomic E-state index is 6.42. The van der Waals surface area contributed by atoms with Gasteiger partial charge in [-0.1, -0.05) is 105 Å². The zero-order chi connectivity index (χ0) is 26.1. The lowest BCUT2D eigenvalue weighted by Gasteiger charge is -2.28. The molecule has 0 unspecified atom stereocenters. The first-order valence-corrected chi connectivity index (χ1v) is 13.5. The fourth-order valence-electron chi connectivity index (χ4n) is 6.56. The summed E-state index contributed by atoms with van der Waals surface area (Å²) in [6.45, 7) is 4.66. The molecule has 0 saturated heterocycles. The van der Waals surface area contributed by atoms with Gasteiger partial charge >= 0.3 is 0 Å². The second-order valence-electron chi connectivity index (χ2n) is 11.0. The van der Waals surface area contributed by atoms with Crippen molar-refractivity contribution >= 4 is 49.8 Å². The molecule has 0 N–H and O–H groups in total. The van der Waals surface area contributed by atoms with Crippen LogP contribution in [0.3, 0.4) is 0 Å². The molecule has 0 radical (unpaired) electrons. The van der Waals surface area contributed by atoms with Crippen molar-refractivity contribution in [2.75, 3.05) is 4.90 Å². The van der Waals surface area contributed by atoms with Gasteiger partial charge in [-0.2, -0.15) is 0 Å². The third kappa shape index (κ3) is 3.15. The Balaban J connectivity index is 1.45. The van der Waals surface area contributed by atoms with E-state index in [2.05, 4.69) is 140 Å². The zero-order valence-corrected chi connectivity index (χ0v) is 22.0. The number of hydrogen-bond donors (Lipinski definition) is 0. The molecule has 0 spiro atoms. The minimum atomic E-state index is -0.0245. The first-order chi connectivity index (χ1) is 19.1. The van der Waals surface area contributed by atoms with E-state index >= 15 is 0 Å². The van der Waals surface area contributed by atoms with Crippen LogP contribution in [0.2, 0.25) is 0 Å². The quantitative estimate of drug-likeness (QED) is 0.239. The van der Waals surface area contributed by atoms with Gasteiger partial charge < -0.3 is 9.32 Å². The molecule has 186 valence electrons. The Bertz CT molecular complexity index is 2050. The van der Waals surface area contributed by atoms with Crippen molar-refractivity contribution in [3.63, 3.8) is 0 Å². The third-order valence-electron chi connectivity index (χ3n) is 8.44. The summed E-state index contributed by atoms with van der Waals surface area (Å²) < 4.78 is 6.42. The predicted octanol–water partition coefficient (Wildman–Crippen LogP) is 10.5. The highest BCUT2D eigenvalue weighted by molar-refractivity contribution is 6.19. The second kappa shape index (κ2) is 8.09. The van der Waals surface area contributed by atoms with Crippen molar-refractivity contribution in [3.05, 3.63) is 139 Å². The van der Waals surface area contributed by atoms with E-state index in [0.29, 0.717) is 0 Å².